The van der Waals surface area contributed by atoms with Crippen LogP contribution in [0, 0.1) is 0 Å². The van der Waals surface area contributed by atoms with Gasteiger partial charge in [-0.3, -0.25) is 4.79 Å². The second-order valence-corrected chi connectivity index (χ2v) is 5.17. The monoisotopic (exact) mass is 321 g/mol. The Morgan fingerprint density at radius 2 is 2.00 bits per heavy atom. The molecule has 0 fully saturated rings. The van der Waals surface area contributed by atoms with Crippen LogP contribution in [0.1, 0.15) is 10.4 Å². The number of halogens is 2. The van der Waals surface area contributed by atoms with Gasteiger partial charge in [-0.05, 0) is 18.2 Å². The largest absolute Gasteiger partial charge is 0.382 e. The molecule has 0 radical (unpaired) electrons. The molecule has 0 bridgehead atoms. The lowest BCUT2D eigenvalue weighted by atomic mass is 10.1. The molecule has 0 atom stereocenters. The zero-order valence-corrected chi connectivity index (χ0v) is 12.1. The number of fused-ring (bicyclic) bond motifs is 1. The van der Waals surface area contributed by atoms with Gasteiger partial charge in [-0.25, -0.2) is 15.0 Å². The van der Waals surface area contributed by atoms with Crippen LogP contribution in [-0.4, -0.2) is 25.3 Å². The van der Waals surface area contributed by atoms with Crippen molar-refractivity contribution in [1.82, 2.24) is 19.5 Å². The summed E-state index contributed by atoms with van der Waals surface area (Å²) >= 11 is 11.7. The van der Waals surface area contributed by atoms with E-state index in [0.717, 1.165) is 0 Å². The molecule has 3 aromatic rings. The van der Waals surface area contributed by atoms with Crippen molar-refractivity contribution in [3.8, 4) is 0 Å². The SMILES string of the molecule is Nc1ncnc2c1ncn2CC(=O)c1ccc(Cl)c(Cl)c1. The molecule has 2 aromatic heterocycles. The van der Waals surface area contributed by atoms with Crippen molar-refractivity contribution in [3.63, 3.8) is 0 Å². The second kappa shape index (κ2) is 5.31. The molecule has 0 saturated carbocycles. The predicted molar refractivity (Wildman–Crippen MR) is 80.5 cm³/mol. The van der Waals surface area contributed by atoms with Crippen LogP contribution in [0.3, 0.4) is 0 Å². The van der Waals surface area contributed by atoms with Crippen LogP contribution < -0.4 is 5.73 Å². The number of rotatable bonds is 3. The number of nitrogen functional groups attached to an aromatic ring is 1. The van der Waals surface area contributed by atoms with E-state index in [0.29, 0.717) is 26.8 Å². The standard InChI is InChI=1S/C13H9Cl2N5O/c14-8-2-1-7(3-9(8)15)10(21)4-20-6-19-11-12(16)17-5-18-13(11)20/h1-3,5-6H,4H2,(H2,16,17,18). The van der Waals surface area contributed by atoms with Crippen molar-refractivity contribution >= 4 is 46.0 Å². The number of hydrogen-bond acceptors (Lipinski definition) is 5. The van der Waals surface area contributed by atoms with E-state index in [-0.39, 0.29) is 18.1 Å². The molecule has 3 rings (SSSR count). The topological polar surface area (TPSA) is 86.7 Å². The molecule has 1 aromatic carbocycles. The molecule has 0 saturated heterocycles. The van der Waals surface area contributed by atoms with Crippen LogP contribution in [0.25, 0.3) is 11.2 Å². The summed E-state index contributed by atoms with van der Waals surface area (Å²) in [4.78, 5) is 24.3. The highest BCUT2D eigenvalue weighted by atomic mass is 35.5. The summed E-state index contributed by atoms with van der Waals surface area (Å²) in [5.41, 5.74) is 7.15. The summed E-state index contributed by atoms with van der Waals surface area (Å²) in [6.45, 7) is 0.0743. The van der Waals surface area contributed by atoms with E-state index < -0.39 is 0 Å². The minimum Gasteiger partial charge on any atom is -0.382 e. The van der Waals surface area contributed by atoms with Gasteiger partial charge in [0.05, 0.1) is 22.9 Å². The van der Waals surface area contributed by atoms with Gasteiger partial charge in [0.2, 0.25) is 0 Å². The van der Waals surface area contributed by atoms with Crippen LogP contribution in [0.4, 0.5) is 5.82 Å². The van der Waals surface area contributed by atoms with Crippen molar-refractivity contribution in [1.29, 1.82) is 0 Å². The maximum absolute atomic E-state index is 12.3. The molecule has 6 nitrogen and oxygen atoms in total. The first-order valence-corrected chi connectivity index (χ1v) is 6.71. The number of carbonyl (C=O) groups excluding carboxylic acids is 1. The van der Waals surface area contributed by atoms with E-state index in [1.807, 2.05) is 0 Å². The van der Waals surface area contributed by atoms with Crippen molar-refractivity contribution in [2.45, 2.75) is 6.54 Å². The van der Waals surface area contributed by atoms with Gasteiger partial charge in [-0.2, -0.15) is 0 Å². The van der Waals surface area contributed by atoms with Gasteiger partial charge >= 0.3 is 0 Å². The van der Waals surface area contributed by atoms with Gasteiger partial charge in [0.25, 0.3) is 0 Å². The van der Waals surface area contributed by atoms with Crippen LogP contribution in [0.2, 0.25) is 10.0 Å². The van der Waals surface area contributed by atoms with E-state index in [1.165, 1.54) is 18.7 Å². The van der Waals surface area contributed by atoms with Crippen LogP contribution >= 0.6 is 23.2 Å². The zero-order chi connectivity index (χ0) is 15.0. The molecule has 0 spiro atoms. The average Bonchev–Trinajstić information content (AvgIpc) is 2.86. The Bertz CT molecular complexity index is 846. The molecule has 0 unspecified atom stereocenters. The predicted octanol–water partition coefficient (Wildman–Crippen LogP) is 2.60. The fourth-order valence-corrected chi connectivity index (χ4v) is 2.23. The summed E-state index contributed by atoms with van der Waals surface area (Å²) in [7, 11) is 0. The smallest absolute Gasteiger partial charge is 0.182 e. The van der Waals surface area contributed by atoms with Crippen LogP contribution in [0.5, 0.6) is 0 Å². The summed E-state index contributed by atoms with van der Waals surface area (Å²) in [5.74, 6) is 0.144. The first-order valence-electron chi connectivity index (χ1n) is 5.96. The highest BCUT2D eigenvalue weighted by Gasteiger charge is 2.13. The highest BCUT2D eigenvalue weighted by molar-refractivity contribution is 6.42. The Hall–Kier alpha value is -2.18. The number of aromatic nitrogens is 4. The summed E-state index contributed by atoms with van der Waals surface area (Å²) in [6.07, 6.45) is 2.84. The minimum atomic E-state index is -0.134. The Labute approximate surface area is 129 Å². The molecule has 0 aliphatic heterocycles. The third-order valence-electron chi connectivity index (χ3n) is 2.99. The number of anilines is 1. The van der Waals surface area contributed by atoms with E-state index in [9.17, 15) is 4.79 Å². The van der Waals surface area contributed by atoms with Crippen LogP contribution in [0.15, 0.2) is 30.9 Å². The first kappa shape index (κ1) is 13.8. The maximum atomic E-state index is 12.3. The number of carbonyl (C=O) groups is 1. The highest BCUT2D eigenvalue weighted by Crippen LogP contribution is 2.23. The van der Waals surface area contributed by atoms with Gasteiger partial charge in [-0.1, -0.05) is 23.2 Å². The van der Waals surface area contributed by atoms with E-state index >= 15 is 0 Å². The Kier molecular flexibility index (Phi) is 3.48. The average molecular weight is 322 g/mol. The molecule has 0 amide bonds. The van der Waals surface area contributed by atoms with Crippen molar-refractivity contribution in [2.24, 2.45) is 0 Å². The van der Waals surface area contributed by atoms with E-state index in [2.05, 4.69) is 15.0 Å². The third-order valence-corrected chi connectivity index (χ3v) is 3.72. The Balaban J connectivity index is 1.93. The van der Waals surface area contributed by atoms with Gasteiger partial charge in [0.15, 0.2) is 17.2 Å². The quantitative estimate of drug-likeness (QED) is 0.749. The zero-order valence-electron chi connectivity index (χ0n) is 10.6. The molecule has 2 N–H and O–H groups in total. The van der Waals surface area contributed by atoms with E-state index in [1.54, 1.807) is 16.7 Å². The number of ketones is 1. The van der Waals surface area contributed by atoms with Crippen molar-refractivity contribution in [2.75, 3.05) is 5.73 Å². The van der Waals surface area contributed by atoms with Crippen LogP contribution in [-0.2, 0) is 6.54 Å². The van der Waals surface area contributed by atoms with E-state index in [4.69, 9.17) is 28.9 Å². The molecule has 21 heavy (non-hydrogen) atoms. The lowest BCUT2D eigenvalue weighted by Crippen LogP contribution is -2.10. The van der Waals surface area contributed by atoms with Gasteiger partial charge in [-0.15, -0.1) is 0 Å². The number of benzene rings is 1. The Morgan fingerprint density at radius 3 is 2.76 bits per heavy atom. The molecule has 0 aliphatic carbocycles. The Morgan fingerprint density at radius 1 is 1.19 bits per heavy atom. The molecule has 2 heterocycles. The van der Waals surface area contributed by atoms with Crippen molar-refractivity contribution < 1.29 is 4.79 Å². The van der Waals surface area contributed by atoms with Gasteiger partial charge in [0.1, 0.15) is 11.8 Å². The van der Waals surface area contributed by atoms with Gasteiger partial charge in [0, 0.05) is 5.56 Å². The lowest BCUT2D eigenvalue weighted by Gasteiger charge is -2.04. The normalized spacial score (nSPS) is 11.0. The number of Topliss-reactive ketones (excluding diaryl/α,β-unsaturated/α-hetero) is 1. The van der Waals surface area contributed by atoms with Crippen molar-refractivity contribution in [3.05, 3.63) is 46.5 Å². The molecule has 106 valence electrons. The minimum absolute atomic E-state index is 0.0743. The third kappa shape index (κ3) is 2.55. The maximum Gasteiger partial charge on any atom is 0.182 e. The molecule has 8 heteroatoms. The number of nitrogens with two attached hydrogens (primary N) is 1. The molecular weight excluding hydrogens is 313 g/mol. The second-order valence-electron chi connectivity index (χ2n) is 4.36. The molecular formula is C13H9Cl2N5O. The molecule has 0 aliphatic rings. The number of imidazole rings is 1. The summed E-state index contributed by atoms with van der Waals surface area (Å²) in [5, 5.41) is 0.742. The first-order chi connectivity index (χ1) is 10.1. The summed E-state index contributed by atoms with van der Waals surface area (Å²) in [6, 6.07) is 4.75. The number of hydrogen-bond donors (Lipinski definition) is 1. The lowest BCUT2D eigenvalue weighted by molar-refractivity contribution is 0.0973. The van der Waals surface area contributed by atoms with Gasteiger partial charge < -0.3 is 10.3 Å². The fourth-order valence-electron chi connectivity index (χ4n) is 1.93. The fraction of sp³-hybridized carbons (Fsp3) is 0.0769. The number of nitrogens with zero attached hydrogens (tertiary/aromatic N) is 4. The summed E-state index contributed by atoms with van der Waals surface area (Å²) < 4.78 is 1.61.